The monoisotopic (exact) mass is 736 g/mol. The summed E-state index contributed by atoms with van der Waals surface area (Å²) in [5.41, 5.74) is 12.7. The first-order valence-corrected chi connectivity index (χ1v) is 20.1. The molecule has 0 atom stereocenters. The lowest BCUT2D eigenvalue weighted by atomic mass is 9.63. The number of hydrogen-bond donors (Lipinski definition) is 0. The molecule has 4 aromatic heterocycles. The van der Waals surface area contributed by atoms with Crippen molar-refractivity contribution in [3.63, 3.8) is 0 Å². The lowest BCUT2D eigenvalue weighted by Gasteiger charge is -2.42. The van der Waals surface area contributed by atoms with Gasteiger partial charge in [-0.15, -0.1) is 0 Å². The normalized spacial score (nSPS) is 15.2. The fourth-order valence-electron chi connectivity index (χ4n) is 9.98. The van der Waals surface area contributed by atoms with Crippen LogP contribution >= 0.6 is 0 Å². The highest BCUT2D eigenvalue weighted by atomic mass is 16.3. The van der Waals surface area contributed by atoms with Crippen molar-refractivity contribution in [1.82, 2.24) is 19.1 Å². The Bertz CT molecular complexity index is 3460. The van der Waals surface area contributed by atoms with Gasteiger partial charge in [0, 0.05) is 38.2 Å². The summed E-state index contributed by atoms with van der Waals surface area (Å²) in [4.78, 5) is 11.0. The minimum Gasteiger partial charge on any atom is -0.452 e. The number of benzene rings is 7. The van der Waals surface area contributed by atoms with Crippen LogP contribution in [-0.4, -0.2) is 19.1 Å². The fraction of sp³-hybridized carbons (Fsp3) is 0.154. The molecular formula is C52H40N4O. The summed E-state index contributed by atoms with van der Waals surface area (Å²) in [5.74, 6) is 0.636. The average molecular weight is 737 g/mol. The molecule has 0 amide bonds. The molecule has 0 saturated heterocycles. The smallest absolute Gasteiger partial charge is 0.236 e. The van der Waals surface area contributed by atoms with E-state index in [1.165, 1.54) is 54.5 Å². The molecule has 0 unspecified atom stereocenters. The van der Waals surface area contributed by atoms with Crippen molar-refractivity contribution in [3.8, 4) is 22.9 Å². The van der Waals surface area contributed by atoms with E-state index in [1.807, 2.05) is 18.2 Å². The van der Waals surface area contributed by atoms with Crippen LogP contribution in [0.25, 0.3) is 99.3 Å². The second-order valence-electron chi connectivity index (χ2n) is 17.2. The van der Waals surface area contributed by atoms with Gasteiger partial charge in [-0.2, -0.15) is 0 Å². The zero-order valence-electron chi connectivity index (χ0n) is 32.5. The van der Waals surface area contributed by atoms with Gasteiger partial charge in [0.2, 0.25) is 5.95 Å². The molecule has 5 heteroatoms. The summed E-state index contributed by atoms with van der Waals surface area (Å²) >= 11 is 0. The highest BCUT2D eigenvalue weighted by molar-refractivity contribution is 6.33. The van der Waals surface area contributed by atoms with Crippen LogP contribution in [-0.2, 0) is 10.8 Å². The van der Waals surface area contributed by atoms with Crippen LogP contribution in [0.1, 0.15) is 51.7 Å². The van der Waals surface area contributed by atoms with Crippen molar-refractivity contribution in [1.29, 1.82) is 0 Å². The van der Waals surface area contributed by atoms with Crippen molar-refractivity contribution < 1.29 is 4.42 Å². The third-order valence-electron chi connectivity index (χ3n) is 13.0. The molecule has 5 nitrogen and oxygen atoms in total. The minimum atomic E-state index is 0.00988. The van der Waals surface area contributed by atoms with Crippen molar-refractivity contribution in [2.75, 3.05) is 0 Å². The lowest BCUT2D eigenvalue weighted by Crippen LogP contribution is -2.33. The van der Waals surface area contributed by atoms with Crippen molar-refractivity contribution in [2.24, 2.45) is 0 Å². The molecule has 1 aliphatic carbocycles. The Hall–Kier alpha value is -6.72. The Morgan fingerprint density at radius 2 is 1.11 bits per heavy atom. The number of hydrogen-bond acceptors (Lipinski definition) is 3. The molecule has 0 N–H and O–H groups in total. The second kappa shape index (κ2) is 11.4. The third-order valence-corrected chi connectivity index (χ3v) is 13.0. The van der Waals surface area contributed by atoms with Gasteiger partial charge in [0.25, 0.3) is 0 Å². The van der Waals surface area contributed by atoms with Crippen LogP contribution in [0.5, 0.6) is 0 Å². The Labute approximate surface area is 329 Å². The summed E-state index contributed by atoms with van der Waals surface area (Å²) in [6.45, 7) is 9.66. The first-order valence-electron chi connectivity index (χ1n) is 20.1. The predicted octanol–water partition coefficient (Wildman–Crippen LogP) is 13.7. The number of nitrogens with zero attached hydrogens (tertiary/aromatic N) is 4. The number of aromatic nitrogens is 4. The van der Waals surface area contributed by atoms with E-state index in [0.29, 0.717) is 11.5 Å². The first-order chi connectivity index (χ1) is 27.8. The number of rotatable bonds is 3. The van der Waals surface area contributed by atoms with Crippen LogP contribution in [0.2, 0.25) is 0 Å². The van der Waals surface area contributed by atoms with E-state index in [9.17, 15) is 0 Å². The van der Waals surface area contributed by atoms with Gasteiger partial charge in [0.15, 0.2) is 5.58 Å². The van der Waals surface area contributed by atoms with E-state index in [0.717, 1.165) is 57.3 Å². The van der Waals surface area contributed by atoms with Crippen LogP contribution in [0.15, 0.2) is 150 Å². The Morgan fingerprint density at radius 1 is 0.509 bits per heavy atom. The Kier molecular flexibility index (Phi) is 6.52. The molecule has 57 heavy (non-hydrogen) atoms. The van der Waals surface area contributed by atoms with E-state index in [4.69, 9.17) is 14.4 Å². The van der Waals surface area contributed by atoms with Gasteiger partial charge in [0.05, 0.1) is 22.1 Å². The maximum absolute atomic E-state index is 6.56. The second-order valence-corrected chi connectivity index (χ2v) is 17.2. The number of para-hydroxylation sites is 2. The molecule has 0 radical (unpaired) electrons. The first kappa shape index (κ1) is 32.5. The van der Waals surface area contributed by atoms with Gasteiger partial charge in [-0.1, -0.05) is 119 Å². The molecule has 1 aliphatic rings. The summed E-state index contributed by atoms with van der Waals surface area (Å²) in [5, 5.41) is 8.41. The van der Waals surface area contributed by atoms with Gasteiger partial charge < -0.3 is 8.98 Å². The molecule has 12 rings (SSSR count). The summed E-state index contributed by atoms with van der Waals surface area (Å²) in [6.07, 6.45) is 2.26. The van der Waals surface area contributed by atoms with Crippen LogP contribution in [0, 0.1) is 0 Å². The molecule has 0 bridgehead atoms. The Morgan fingerprint density at radius 3 is 1.88 bits per heavy atom. The molecule has 0 spiro atoms. The Balaban J connectivity index is 1.32. The molecule has 7 aromatic carbocycles. The van der Waals surface area contributed by atoms with Crippen LogP contribution in [0.4, 0.5) is 0 Å². The fourth-order valence-corrected chi connectivity index (χ4v) is 9.98. The highest BCUT2D eigenvalue weighted by Crippen LogP contribution is 2.51. The van der Waals surface area contributed by atoms with Gasteiger partial charge in [-0.3, -0.25) is 4.57 Å². The topological polar surface area (TPSA) is 48.8 Å². The van der Waals surface area contributed by atoms with Gasteiger partial charge >= 0.3 is 0 Å². The van der Waals surface area contributed by atoms with E-state index in [-0.39, 0.29) is 10.8 Å². The number of furan rings is 1. The zero-order chi connectivity index (χ0) is 38.2. The quantitative estimate of drug-likeness (QED) is 0.181. The van der Waals surface area contributed by atoms with Gasteiger partial charge in [-0.25, -0.2) is 9.97 Å². The maximum Gasteiger partial charge on any atom is 0.236 e. The third kappa shape index (κ3) is 4.51. The zero-order valence-corrected chi connectivity index (χ0v) is 32.5. The van der Waals surface area contributed by atoms with Crippen LogP contribution < -0.4 is 0 Å². The summed E-state index contributed by atoms with van der Waals surface area (Å²) in [7, 11) is 0. The van der Waals surface area contributed by atoms with Crippen molar-refractivity contribution >= 4 is 76.5 Å². The van der Waals surface area contributed by atoms with E-state index in [1.54, 1.807) is 0 Å². The minimum absolute atomic E-state index is 0.00988. The van der Waals surface area contributed by atoms with E-state index < -0.39 is 0 Å². The van der Waals surface area contributed by atoms with Crippen LogP contribution in [0.3, 0.4) is 0 Å². The molecule has 0 saturated carbocycles. The summed E-state index contributed by atoms with van der Waals surface area (Å²) in [6, 6.07) is 52.4. The largest absolute Gasteiger partial charge is 0.452 e. The molecule has 4 heterocycles. The van der Waals surface area contributed by atoms with Crippen molar-refractivity contribution in [3.05, 3.63) is 157 Å². The average Bonchev–Trinajstić information content (AvgIpc) is 3.90. The molecule has 0 aliphatic heterocycles. The van der Waals surface area contributed by atoms with E-state index in [2.05, 4.69) is 164 Å². The highest BCUT2D eigenvalue weighted by Gasteiger charge is 2.38. The predicted molar refractivity (Wildman–Crippen MR) is 236 cm³/mol. The standard InChI is InChI=1S/C52H40N4O/c1-51(2)27-28-52(3,4)38-30-42-36(29-37(38)51)45-40(56(42)50-53-47(32-16-7-5-8-17-32)49-48(54-50)35-21-13-14-22-43(35)57-49)25-26-41-46(45)44-34-20-12-11-15-31(34)23-24-39(44)55(41)33-18-9-6-10-19-33/h5-26,29-30H,27-28H2,1-4H3. The number of fused-ring (bicyclic) bond motifs is 13. The molecular weight excluding hydrogens is 697 g/mol. The SMILES string of the molecule is CC1(C)CCC(C)(C)c2cc3c(cc21)c1c2c4c5ccccc5ccc4n(-c4ccccc4)c2ccc1n3-c1nc(-c2ccccc2)c2oc3ccccc3c2n1. The maximum atomic E-state index is 6.56. The molecule has 11 aromatic rings. The summed E-state index contributed by atoms with van der Waals surface area (Å²) < 4.78 is 11.3. The lowest BCUT2D eigenvalue weighted by molar-refractivity contribution is 0.332. The molecule has 274 valence electrons. The van der Waals surface area contributed by atoms with Crippen molar-refractivity contribution in [2.45, 2.75) is 51.4 Å². The molecule has 0 fully saturated rings. The van der Waals surface area contributed by atoms with Gasteiger partial charge in [0.1, 0.15) is 16.8 Å². The van der Waals surface area contributed by atoms with E-state index >= 15 is 0 Å². The van der Waals surface area contributed by atoms with Gasteiger partial charge in [-0.05, 0) is 100 Å².